The zero-order valence-corrected chi connectivity index (χ0v) is 12.5. The normalized spacial score (nSPS) is 12.4. The Morgan fingerprint density at radius 3 is 2.74 bits per heavy atom. The lowest BCUT2D eigenvalue weighted by Crippen LogP contribution is -2.11. The summed E-state index contributed by atoms with van der Waals surface area (Å²) in [5, 5.41) is 7.71. The van der Waals surface area contributed by atoms with Gasteiger partial charge in [-0.3, -0.25) is 9.67 Å². The van der Waals surface area contributed by atoms with E-state index in [2.05, 4.69) is 24.0 Å². The number of hydrogen-bond acceptors (Lipinski definition) is 3. The van der Waals surface area contributed by atoms with Gasteiger partial charge in [-0.25, -0.2) is 0 Å². The van der Waals surface area contributed by atoms with Crippen LogP contribution in [0.4, 0.5) is 0 Å². The number of H-pyrrole nitrogens is 1. The first-order valence-corrected chi connectivity index (χ1v) is 6.94. The number of ether oxygens (including phenoxy) is 1. The summed E-state index contributed by atoms with van der Waals surface area (Å²) < 4.78 is 8.31. The molecule has 0 aliphatic carbocycles. The van der Waals surface area contributed by atoms with Gasteiger partial charge in [0.15, 0.2) is 10.6 Å². The molecule has 4 nitrogen and oxygen atoms in total. The third-order valence-corrected chi connectivity index (χ3v) is 3.53. The van der Waals surface area contributed by atoms with Crippen LogP contribution < -0.4 is 4.74 Å². The molecule has 1 aromatic heterocycles. The van der Waals surface area contributed by atoms with Crippen LogP contribution >= 0.6 is 23.8 Å². The average molecular weight is 298 g/mol. The number of nitrogens with zero attached hydrogens (tertiary/aromatic N) is 2. The van der Waals surface area contributed by atoms with Crippen LogP contribution in [0.5, 0.6) is 5.75 Å². The van der Waals surface area contributed by atoms with Crippen molar-refractivity contribution in [2.24, 2.45) is 0 Å². The summed E-state index contributed by atoms with van der Waals surface area (Å²) in [6.45, 7) is 4.60. The number of nitrogens with one attached hydrogen (secondary N) is 1. The SMILES string of the molecule is CC[C@H](C)n1c(COc2ccc(Cl)cc2)n[nH]c1=S. The highest BCUT2D eigenvalue weighted by Crippen LogP contribution is 2.18. The lowest BCUT2D eigenvalue weighted by molar-refractivity contribution is 0.284. The van der Waals surface area contributed by atoms with Crippen molar-refractivity contribution in [2.45, 2.75) is 32.9 Å². The minimum absolute atomic E-state index is 0.301. The number of hydrogen-bond donors (Lipinski definition) is 1. The fourth-order valence-corrected chi connectivity index (χ4v) is 2.21. The van der Waals surface area contributed by atoms with Crippen molar-refractivity contribution >= 4 is 23.8 Å². The Balaban J connectivity index is 2.11. The van der Waals surface area contributed by atoms with E-state index in [1.54, 1.807) is 12.1 Å². The van der Waals surface area contributed by atoms with Gasteiger partial charge in [-0.1, -0.05) is 18.5 Å². The van der Waals surface area contributed by atoms with E-state index in [4.69, 9.17) is 28.6 Å². The smallest absolute Gasteiger partial charge is 0.195 e. The van der Waals surface area contributed by atoms with Gasteiger partial charge in [-0.15, -0.1) is 0 Å². The number of halogens is 1. The molecule has 19 heavy (non-hydrogen) atoms. The van der Waals surface area contributed by atoms with Gasteiger partial charge >= 0.3 is 0 Å². The van der Waals surface area contributed by atoms with E-state index in [-0.39, 0.29) is 0 Å². The van der Waals surface area contributed by atoms with Crippen LogP contribution in [-0.2, 0) is 6.61 Å². The summed E-state index contributed by atoms with van der Waals surface area (Å²) in [6.07, 6.45) is 0.988. The molecule has 0 unspecified atom stereocenters. The molecule has 1 aromatic carbocycles. The minimum atomic E-state index is 0.301. The van der Waals surface area contributed by atoms with E-state index in [1.807, 2.05) is 16.7 Å². The quantitative estimate of drug-likeness (QED) is 0.843. The third-order valence-electron chi connectivity index (χ3n) is 2.99. The van der Waals surface area contributed by atoms with Gasteiger partial charge in [0.25, 0.3) is 0 Å². The Morgan fingerprint density at radius 1 is 1.42 bits per heavy atom. The van der Waals surface area contributed by atoms with Crippen molar-refractivity contribution in [3.63, 3.8) is 0 Å². The van der Waals surface area contributed by atoms with Crippen molar-refractivity contribution in [1.29, 1.82) is 0 Å². The van der Waals surface area contributed by atoms with Crippen molar-refractivity contribution in [2.75, 3.05) is 0 Å². The van der Waals surface area contributed by atoms with E-state index in [1.165, 1.54) is 0 Å². The van der Waals surface area contributed by atoms with Crippen molar-refractivity contribution in [3.8, 4) is 5.75 Å². The summed E-state index contributed by atoms with van der Waals surface area (Å²) in [7, 11) is 0. The van der Waals surface area contributed by atoms with Crippen molar-refractivity contribution < 1.29 is 4.74 Å². The maximum atomic E-state index is 5.83. The van der Waals surface area contributed by atoms with Gasteiger partial charge in [0.2, 0.25) is 0 Å². The van der Waals surface area contributed by atoms with Crippen molar-refractivity contribution in [3.05, 3.63) is 39.9 Å². The largest absolute Gasteiger partial charge is 0.486 e. The maximum Gasteiger partial charge on any atom is 0.195 e. The average Bonchev–Trinajstić information content (AvgIpc) is 2.78. The van der Waals surface area contributed by atoms with E-state index in [0.717, 1.165) is 18.0 Å². The minimum Gasteiger partial charge on any atom is -0.486 e. The van der Waals surface area contributed by atoms with Gasteiger partial charge in [0.1, 0.15) is 12.4 Å². The Morgan fingerprint density at radius 2 is 2.11 bits per heavy atom. The molecular weight excluding hydrogens is 282 g/mol. The molecule has 0 bridgehead atoms. The molecule has 0 saturated heterocycles. The molecule has 1 heterocycles. The Bertz CT molecular complexity index is 591. The second-order valence-electron chi connectivity index (χ2n) is 4.31. The van der Waals surface area contributed by atoms with E-state index in [9.17, 15) is 0 Å². The highest BCUT2D eigenvalue weighted by Gasteiger charge is 2.11. The summed E-state index contributed by atoms with van der Waals surface area (Å²) >= 11 is 11.1. The molecular formula is C13H16ClN3OS. The first kappa shape index (κ1) is 14.1. The third kappa shape index (κ3) is 3.36. The summed E-state index contributed by atoms with van der Waals surface area (Å²) in [4.78, 5) is 0. The summed E-state index contributed by atoms with van der Waals surface area (Å²) in [5.41, 5.74) is 0. The van der Waals surface area contributed by atoms with Crippen LogP contribution in [0.3, 0.4) is 0 Å². The zero-order chi connectivity index (χ0) is 13.8. The molecule has 1 N–H and O–H groups in total. The van der Waals surface area contributed by atoms with E-state index < -0.39 is 0 Å². The van der Waals surface area contributed by atoms with Gasteiger partial charge < -0.3 is 4.74 Å². The predicted molar refractivity (Wildman–Crippen MR) is 78.2 cm³/mol. The molecule has 0 radical (unpaired) electrons. The lowest BCUT2D eigenvalue weighted by atomic mass is 10.2. The highest BCUT2D eigenvalue weighted by atomic mass is 35.5. The van der Waals surface area contributed by atoms with Crippen molar-refractivity contribution in [1.82, 2.24) is 14.8 Å². The molecule has 1 atom stereocenters. The molecule has 0 spiro atoms. The summed E-state index contributed by atoms with van der Waals surface area (Å²) in [6, 6.07) is 7.55. The van der Waals surface area contributed by atoms with Gasteiger partial charge in [0, 0.05) is 11.1 Å². The van der Waals surface area contributed by atoms with E-state index >= 15 is 0 Å². The van der Waals surface area contributed by atoms with Crippen LogP contribution in [0.1, 0.15) is 32.1 Å². The Labute approximate surface area is 122 Å². The summed E-state index contributed by atoms with van der Waals surface area (Å²) in [5.74, 6) is 1.56. The number of rotatable bonds is 5. The van der Waals surface area contributed by atoms with Gasteiger partial charge in [-0.2, -0.15) is 5.10 Å². The van der Waals surface area contributed by atoms with Gasteiger partial charge in [-0.05, 0) is 49.8 Å². The molecule has 6 heteroatoms. The molecule has 0 amide bonds. The molecule has 0 aliphatic rings. The second kappa shape index (κ2) is 6.21. The molecule has 0 fully saturated rings. The standard InChI is InChI=1S/C13H16ClN3OS/c1-3-9(2)17-12(15-16-13(17)19)8-18-11-6-4-10(14)5-7-11/h4-7,9H,3,8H2,1-2H3,(H,16,19)/t9-/m0/s1. The molecule has 2 rings (SSSR count). The maximum absolute atomic E-state index is 5.83. The van der Waals surface area contributed by atoms with Crippen LogP contribution in [0.15, 0.2) is 24.3 Å². The van der Waals surface area contributed by atoms with Crippen LogP contribution in [0.25, 0.3) is 0 Å². The fraction of sp³-hybridized carbons (Fsp3) is 0.385. The fourth-order valence-electron chi connectivity index (χ4n) is 1.75. The monoisotopic (exact) mass is 297 g/mol. The Kier molecular flexibility index (Phi) is 4.61. The topological polar surface area (TPSA) is 42.8 Å². The highest BCUT2D eigenvalue weighted by molar-refractivity contribution is 7.71. The Hall–Kier alpha value is -1.33. The van der Waals surface area contributed by atoms with Gasteiger partial charge in [0.05, 0.1) is 0 Å². The predicted octanol–water partition coefficient (Wildman–Crippen LogP) is 4.14. The first-order valence-electron chi connectivity index (χ1n) is 6.16. The van der Waals surface area contributed by atoms with Crippen LogP contribution in [-0.4, -0.2) is 14.8 Å². The van der Waals surface area contributed by atoms with Crippen LogP contribution in [0.2, 0.25) is 5.02 Å². The molecule has 0 aliphatic heterocycles. The number of aromatic nitrogens is 3. The van der Waals surface area contributed by atoms with E-state index in [0.29, 0.717) is 22.4 Å². The molecule has 2 aromatic rings. The molecule has 0 saturated carbocycles. The molecule has 102 valence electrons. The first-order chi connectivity index (χ1) is 9.11. The zero-order valence-electron chi connectivity index (χ0n) is 10.9. The number of benzene rings is 1. The second-order valence-corrected chi connectivity index (χ2v) is 5.14. The van der Waals surface area contributed by atoms with Crippen LogP contribution in [0, 0.1) is 4.77 Å². The lowest BCUT2D eigenvalue weighted by Gasteiger charge is -2.13. The number of aromatic amines is 1.